The van der Waals surface area contributed by atoms with Crippen LogP contribution >= 0.6 is 0 Å². The molecule has 0 saturated heterocycles. The quantitative estimate of drug-likeness (QED) is 0.816. The fourth-order valence-corrected chi connectivity index (χ4v) is 2.51. The number of primary amides is 1. The number of hydrogen-bond donors (Lipinski definition) is 2. The van der Waals surface area contributed by atoms with Crippen molar-refractivity contribution in [1.29, 1.82) is 0 Å². The van der Waals surface area contributed by atoms with Crippen molar-refractivity contribution in [3.63, 3.8) is 0 Å². The molecule has 2 heterocycles. The summed E-state index contributed by atoms with van der Waals surface area (Å²) in [5, 5.41) is 2.85. The average Bonchev–Trinajstić information content (AvgIpc) is 3.15. The van der Waals surface area contributed by atoms with Crippen LogP contribution in [0.25, 0.3) is 0 Å². The van der Waals surface area contributed by atoms with Crippen molar-refractivity contribution < 1.29 is 9.59 Å². The van der Waals surface area contributed by atoms with Gasteiger partial charge in [-0.3, -0.25) is 14.6 Å². The van der Waals surface area contributed by atoms with Crippen molar-refractivity contribution in [3.05, 3.63) is 71.6 Å². The molecule has 122 valence electrons. The summed E-state index contributed by atoms with van der Waals surface area (Å²) >= 11 is 0. The lowest BCUT2D eigenvalue weighted by Crippen LogP contribution is -2.24. The minimum Gasteiger partial charge on any atom is -0.364 e. The SMILES string of the molecule is NC(=O)c1ccc(C(=O)NCc2cccc(N3CC=CC3)c2)cn1. The Balaban J connectivity index is 1.61. The summed E-state index contributed by atoms with van der Waals surface area (Å²) in [6.45, 7) is 2.24. The molecule has 0 saturated carbocycles. The lowest BCUT2D eigenvalue weighted by Gasteiger charge is -2.18. The van der Waals surface area contributed by atoms with Crippen LogP contribution in [0.4, 0.5) is 5.69 Å². The third-order valence-corrected chi connectivity index (χ3v) is 3.83. The molecule has 0 radical (unpaired) electrons. The first-order valence-corrected chi connectivity index (χ1v) is 7.66. The van der Waals surface area contributed by atoms with Crippen molar-refractivity contribution in [2.24, 2.45) is 5.73 Å². The number of rotatable bonds is 5. The van der Waals surface area contributed by atoms with E-state index in [0.29, 0.717) is 12.1 Å². The topological polar surface area (TPSA) is 88.3 Å². The summed E-state index contributed by atoms with van der Waals surface area (Å²) in [6, 6.07) is 11.1. The number of carbonyl (C=O) groups is 2. The van der Waals surface area contributed by atoms with Crippen LogP contribution in [0.15, 0.2) is 54.7 Å². The number of nitrogens with two attached hydrogens (primary N) is 1. The van der Waals surface area contributed by atoms with Gasteiger partial charge < -0.3 is 16.0 Å². The summed E-state index contributed by atoms with van der Waals surface area (Å²) in [5.74, 6) is -0.859. The molecule has 1 aliphatic rings. The van der Waals surface area contributed by atoms with E-state index in [2.05, 4.69) is 39.5 Å². The number of hydrogen-bond acceptors (Lipinski definition) is 4. The molecule has 0 spiro atoms. The summed E-state index contributed by atoms with van der Waals surface area (Å²) in [4.78, 5) is 29.3. The molecular weight excluding hydrogens is 304 g/mol. The van der Waals surface area contributed by atoms with E-state index in [4.69, 9.17) is 5.73 Å². The molecule has 0 atom stereocenters. The van der Waals surface area contributed by atoms with Crippen molar-refractivity contribution in [2.45, 2.75) is 6.54 Å². The number of pyridine rings is 1. The molecule has 1 aliphatic heterocycles. The van der Waals surface area contributed by atoms with Gasteiger partial charge in [-0.15, -0.1) is 0 Å². The lowest BCUT2D eigenvalue weighted by molar-refractivity contribution is 0.0947. The first-order chi connectivity index (χ1) is 11.6. The van der Waals surface area contributed by atoms with Gasteiger partial charge in [0.15, 0.2) is 0 Å². The second-order valence-electron chi connectivity index (χ2n) is 5.53. The van der Waals surface area contributed by atoms with Crippen LogP contribution in [0.1, 0.15) is 26.4 Å². The molecule has 6 nitrogen and oxygen atoms in total. The van der Waals surface area contributed by atoms with Crippen molar-refractivity contribution in [3.8, 4) is 0 Å². The fraction of sp³-hybridized carbons (Fsp3) is 0.167. The molecule has 0 bridgehead atoms. The third-order valence-electron chi connectivity index (χ3n) is 3.83. The zero-order valence-electron chi connectivity index (χ0n) is 13.1. The van der Waals surface area contributed by atoms with E-state index in [1.807, 2.05) is 12.1 Å². The highest BCUT2D eigenvalue weighted by Crippen LogP contribution is 2.18. The normalized spacial score (nSPS) is 13.1. The largest absolute Gasteiger partial charge is 0.364 e. The number of nitrogens with one attached hydrogen (secondary N) is 1. The van der Waals surface area contributed by atoms with E-state index in [0.717, 1.165) is 24.3 Å². The molecule has 1 aromatic carbocycles. The maximum Gasteiger partial charge on any atom is 0.267 e. The Morgan fingerprint density at radius 1 is 1.17 bits per heavy atom. The average molecular weight is 322 g/mol. The summed E-state index contributed by atoms with van der Waals surface area (Å²) in [7, 11) is 0. The number of nitrogens with zero attached hydrogens (tertiary/aromatic N) is 2. The minimum absolute atomic E-state index is 0.137. The number of aromatic nitrogens is 1. The standard InChI is InChI=1S/C18H18N4O2/c19-17(23)16-7-6-14(12-20-16)18(24)21-11-13-4-3-5-15(10-13)22-8-1-2-9-22/h1-7,10,12H,8-9,11H2,(H2,19,23)(H,21,24). The Morgan fingerprint density at radius 3 is 2.62 bits per heavy atom. The fourth-order valence-electron chi connectivity index (χ4n) is 2.51. The van der Waals surface area contributed by atoms with Gasteiger partial charge in [0.25, 0.3) is 11.8 Å². The van der Waals surface area contributed by atoms with E-state index >= 15 is 0 Å². The predicted molar refractivity (Wildman–Crippen MR) is 91.7 cm³/mol. The zero-order valence-corrected chi connectivity index (χ0v) is 13.1. The van der Waals surface area contributed by atoms with Gasteiger partial charge in [-0.25, -0.2) is 0 Å². The van der Waals surface area contributed by atoms with Gasteiger partial charge >= 0.3 is 0 Å². The van der Waals surface area contributed by atoms with Gasteiger partial charge in [-0.1, -0.05) is 24.3 Å². The third kappa shape index (κ3) is 3.60. The molecule has 6 heteroatoms. The maximum absolute atomic E-state index is 12.2. The Hall–Kier alpha value is -3.15. The van der Waals surface area contributed by atoms with E-state index in [9.17, 15) is 9.59 Å². The van der Waals surface area contributed by atoms with Gasteiger partial charge in [0, 0.05) is 31.5 Å². The predicted octanol–water partition coefficient (Wildman–Crippen LogP) is 1.49. The van der Waals surface area contributed by atoms with Crippen molar-refractivity contribution in [2.75, 3.05) is 18.0 Å². The van der Waals surface area contributed by atoms with Gasteiger partial charge in [0.2, 0.25) is 0 Å². The van der Waals surface area contributed by atoms with Crippen LogP contribution in [0, 0.1) is 0 Å². The number of amides is 2. The Morgan fingerprint density at radius 2 is 1.96 bits per heavy atom. The van der Waals surface area contributed by atoms with Crippen LogP contribution in [0.5, 0.6) is 0 Å². The highest BCUT2D eigenvalue weighted by atomic mass is 16.2. The summed E-state index contributed by atoms with van der Waals surface area (Å²) in [5.41, 5.74) is 7.82. The molecule has 0 unspecified atom stereocenters. The minimum atomic E-state index is -0.616. The van der Waals surface area contributed by atoms with Gasteiger partial charge in [0.1, 0.15) is 5.69 Å². The molecule has 0 aliphatic carbocycles. The van der Waals surface area contributed by atoms with Gasteiger partial charge in [-0.05, 0) is 29.8 Å². The van der Waals surface area contributed by atoms with E-state index in [1.165, 1.54) is 18.3 Å². The monoisotopic (exact) mass is 322 g/mol. The first-order valence-electron chi connectivity index (χ1n) is 7.66. The number of carbonyl (C=O) groups excluding carboxylic acids is 2. The molecule has 0 fully saturated rings. The molecule has 3 N–H and O–H groups in total. The highest BCUT2D eigenvalue weighted by molar-refractivity contribution is 5.95. The molecular formula is C18H18N4O2. The zero-order chi connectivity index (χ0) is 16.9. The molecule has 2 aromatic rings. The molecule has 3 rings (SSSR count). The van der Waals surface area contributed by atoms with Crippen molar-refractivity contribution >= 4 is 17.5 Å². The van der Waals surface area contributed by atoms with Crippen LogP contribution in [-0.4, -0.2) is 29.9 Å². The molecule has 24 heavy (non-hydrogen) atoms. The van der Waals surface area contributed by atoms with E-state index in [-0.39, 0.29) is 11.6 Å². The number of anilines is 1. The molecule has 2 amide bonds. The highest BCUT2D eigenvalue weighted by Gasteiger charge is 2.10. The Bertz CT molecular complexity index is 776. The summed E-state index contributed by atoms with van der Waals surface area (Å²) < 4.78 is 0. The van der Waals surface area contributed by atoms with Crippen LogP contribution in [0.3, 0.4) is 0 Å². The van der Waals surface area contributed by atoms with Crippen molar-refractivity contribution in [1.82, 2.24) is 10.3 Å². The molecule has 1 aromatic heterocycles. The van der Waals surface area contributed by atoms with Crippen LogP contribution in [-0.2, 0) is 6.54 Å². The first kappa shape index (κ1) is 15.7. The number of benzene rings is 1. The van der Waals surface area contributed by atoms with Gasteiger partial charge in [0.05, 0.1) is 5.56 Å². The Kier molecular flexibility index (Phi) is 4.56. The van der Waals surface area contributed by atoms with Crippen LogP contribution < -0.4 is 16.0 Å². The second kappa shape index (κ2) is 6.95. The maximum atomic E-state index is 12.2. The van der Waals surface area contributed by atoms with Gasteiger partial charge in [-0.2, -0.15) is 0 Å². The smallest absolute Gasteiger partial charge is 0.267 e. The van der Waals surface area contributed by atoms with Crippen LogP contribution in [0.2, 0.25) is 0 Å². The lowest BCUT2D eigenvalue weighted by atomic mass is 10.1. The second-order valence-corrected chi connectivity index (χ2v) is 5.53. The Labute approximate surface area is 140 Å². The van der Waals surface area contributed by atoms with E-state index in [1.54, 1.807) is 0 Å². The van der Waals surface area contributed by atoms with E-state index < -0.39 is 5.91 Å². The summed E-state index contributed by atoms with van der Waals surface area (Å²) in [6.07, 6.45) is 5.62.